The molecular formula is C9H11ClFN. The summed E-state index contributed by atoms with van der Waals surface area (Å²) in [7, 11) is 0. The van der Waals surface area contributed by atoms with Crippen molar-refractivity contribution >= 4 is 11.6 Å². The number of benzene rings is 1. The lowest BCUT2D eigenvalue weighted by molar-refractivity contribution is 0.575. The Bertz CT molecular complexity index is 275. The summed E-state index contributed by atoms with van der Waals surface area (Å²) in [5, 5.41) is 0.402. The Morgan fingerprint density at radius 1 is 1.58 bits per heavy atom. The van der Waals surface area contributed by atoms with Crippen molar-refractivity contribution in [3.8, 4) is 0 Å². The van der Waals surface area contributed by atoms with E-state index in [2.05, 4.69) is 0 Å². The van der Waals surface area contributed by atoms with Crippen LogP contribution in [0.4, 0.5) is 4.39 Å². The molecule has 12 heavy (non-hydrogen) atoms. The van der Waals surface area contributed by atoms with Crippen molar-refractivity contribution in [2.75, 3.05) is 0 Å². The Kier molecular flexibility index (Phi) is 3.06. The van der Waals surface area contributed by atoms with E-state index in [1.165, 1.54) is 6.07 Å². The molecule has 0 aliphatic heterocycles. The third kappa shape index (κ3) is 1.96. The summed E-state index contributed by atoms with van der Waals surface area (Å²) >= 11 is 5.58. The van der Waals surface area contributed by atoms with Crippen molar-refractivity contribution in [1.29, 1.82) is 0 Å². The first kappa shape index (κ1) is 9.49. The van der Waals surface area contributed by atoms with E-state index in [-0.39, 0.29) is 11.9 Å². The first-order chi connectivity index (χ1) is 5.65. The van der Waals surface area contributed by atoms with Crippen LogP contribution in [0.1, 0.15) is 24.9 Å². The van der Waals surface area contributed by atoms with Crippen LogP contribution in [-0.4, -0.2) is 0 Å². The molecule has 0 radical (unpaired) electrons. The number of rotatable bonds is 2. The Morgan fingerprint density at radius 3 is 2.75 bits per heavy atom. The topological polar surface area (TPSA) is 26.0 Å². The van der Waals surface area contributed by atoms with Gasteiger partial charge in [0.1, 0.15) is 5.82 Å². The molecule has 0 aliphatic carbocycles. The monoisotopic (exact) mass is 187 g/mol. The van der Waals surface area contributed by atoms with E-state index < -0.39 is 0 Å². The molecule has 0 heterocycles. The molecule has 2 N–H and O–H groups in total. The zero-order valence-corrected chi connectivity index (χ0v) is 7.61. The second-order valence-electron chi connectivity index (χ2n) is 2.68. The molecule has 0 saturated carbocycles. The molecule has 1 atom stereocenters. The zero-order chi connectivity index (χ0) is 9.14. The van der Waals surface area contributed by atoms with Crippen LogP contribution in [0.5, 0.6) is 0 Å². The lowest BCUT2D eigenvalue weighted by Crippen LogP contribution is -2.10. The number of nitrogens with two attached hydrogens (primary N) is 1. The Labute approximate surface area is 76.3 Å². The molecule has 1 unspecified atom stereocenters. The van der Waals surface area contributed by atoms with Crippen LogP contribution in [-0.2, 0) is 0 Å². The maximum Gasteiger partial charge on any atom is 0.129 e. The van der Waals surface area contributed by atoms with Gasteiger partial charge < -0.3 is 5.73 Å². The molecule has 0 amide bonds. The molecule has 1 aromatic carbocycles. The quantitative estimate of drug-likeness (QED) is 0.757. The zero-order valence-electron chi connectivity index (χ0n) is 6.85. The van der Waals surface area contributed by atoms with Gasteiger partial charge in [-0.1, -0.05) is 24.6 Å². The molecule has 0 aliphatic rings. The molecule has 0 saturated heterocycles. The van der Waals surface area contributed by atoms with Gasteiger partial charge in [0.15, 0.2) is 0 Å². The third-order valence-electron chi connectivity index (χ3n) is 1.80. The van der Waals surface area contributed by atoms with E-state index in [0.717, 1.165) is 6.42 Å². The lowest BCUT2D eigenvalue weighted by atomic mass is 10.1. The highest BCUT2D eigenvalue weighted by atomic mass is 35.5. The van der Waals surface area contributed by atoms with Crippen LogP contribution in [0.15, 0.2) is 18.2 Å². The van der Waals surface area contributed by atoms with Gasteiger partial charge in [0.05, 0.1) is 0 Å². The molecule has 0 spiro atoms. The first-order valence-electron chi connectivity index (χ1n) is 3.85. The van der Waals surface area contributed by atoms with E-state index in [9.17, 15) is 4.39 Å². The number of halogens is 2. The smallest absolute Gasteiger partial charge is 0.129 e. The van der Waals surface area contributed by atoms with E-state index in [1.807, 2.05) is 6.92 Å². The first-order valence-corrected chi connectivity index (χ1v) is 4.23. The van der Waals surface area contributed by atoms with Crippen LogP contribution >= 0.6 is 11.6 Å². The van der Waals surface area contributed by atoms with E-state index in [0.29, 0.717) is 10.6 Å². The SMILES string of the molecule is CCC(N)c1ccc(Cl)cc1F. The molecular weight excluding hydrogens is 177 g/mol. The van der Waals surface area contributed by atoms with Gasteiger partial charge in [-0.3, -0.25) is 0 Å². The summed E-state index contributed by atoms with van der Waals surface area (Å²) in [5.74, 6) is -0.322. The van der Waals surface area contributed by atoms with E-state index >= 15 is 0 Å². The molecule has 0 fully saturated rings. The van der Waals surface area contributed by atoms with Crippen molar-refractivity contribution in [2.24, 2.45) is 5.73 Å². The van der Waals surface area contributed by atoms with Crippen LogP contribution < -0.4 is 5.73 Å². The van der Waals surface area contributed by atoms with Gasteiger partial charge in [-0.05, 0) is 18.6 Å². The highest BCUT2D eigenvalue weighted by Gasteiger charge is 2.08. The maximum absolute atomic E-state index is 13.1. The Morgan fingerprint density at radius 2 is 2.25 bits per heavy atom. The fourth-order valence-electron chi connectivity index (χ4n) is 1.02. The third-order valence-corrected chi connectivity index (χ3v) is 2.04. The second kappa shape index (κ2) is 3.87. The van der Waals surface area contributed by atoms with Crippen molar-refractivity contribution in [3.63, 3.8) is 0 Å². The molecule has 1 nitrogen and oxygen atoms in total. The van der Waals surface area contributed by atoms with Gasteiger partial charge in [-0.15, -0.1) is 0 Å². The van der Waals surface area contributed by atoms with Gasteiger partial charge in [-0.25, -0.2) is 4.39 Å². The second-order valence-corrected chi connectivity index (χ2v) is 3.12. The average Bonchev–Trinajstić information content (AvgIpc) is 2.03. The normalized spacial score (nSPS) is 13.0. The van der Waals surface area contributed by atoms with Gasteiger partial charge in [-0.2, -0.15) is 0 Å². The number of hydrogen-bond acceptors (Lipinski definition) is 1. The van der Waals surface area contributed by atoms with Crippen molar-refractivity contribution in [3.05, 3.63) is 34.6 Å². The summed E-state index contributed by atoms with van der Waals surface area (Å²) in [4.78, 5) is 0. The maximum atomic E-state index is 13.1. The summed E-state index contributed by atoms with van der Waals surface area (Å²) in [6.45, 7) is 1.92. The van der Waals surface area contributed by atoms with E-state index in [1.54, 1.807) is 12.1 Å². The highest BCUT2D eigenvalue weighted by molar-refractivity contribution is 6.30. The van der Waals surface area contributed by atoms with Gasteiger partial charge in [0.2, 0.25) is 0 Å². The molecule has 0 bridgehead atoms. The molecule has 66 valence electrons. The Hall–Kier alpha value is -0.600. The summed E-state index contributed by atoms with van der Waals surface area (Å²) < 4.78 is 13.1. The molecule has 1 aromatic rings. The van der Waals surface area contributed by atoms with Crippen LogP contribution in [0.25, 0.3) is 0 Å². The highest BCUT2D eigenvalue weighted by Crippen LogP contribution is 2.20. The molecule has 1 rings (SSSR count). The summed E-state index contributed by atoms with van der Waals surface area (Å²) in [6.07, 6.45) is 0.721. The summed E-state index contributed by atoms with van der Waals surface area (Å²) in [6, 6.07) is 4.33. The summed E-state index contributed by atoms with van der Waals surface area (Å²) in [5.41, 5.74) is 6.19. The van der Waals surface area contributed by atoms with Gasteiger partial charge in [0.25, 0.3) is 0 Å². The minimum absolute atomic E-state index is 0.234. The van der Waals surface area contributed by atoms with Crippen LogP contribution in [0.2, 0.25) is 5.02 Å². The standard InChI is InChI=1S/C9H11ClFN/c1-2-9(12)7-4-3-6(10)5-8(7)11/h3-5,9H,2,12H2,1H3. The fourth-order valence-corrected chi connectivity index (χ4v) is 1.18. The number of hydrogen-bond donors (Lipinski definition) is 1. The lowest BCUT2D eigenvalue weighted by Gasteiger charge is -2.09. The van der Waals surface area contributed by atoms with Gasteiger partial charge in [0, 0.05) is 16.6 Å². The Balaban J connectivity index is 3.01. The average molecular weight is 188 g/mol. The largest absolute Gasteiger partial charge is 0.324 e. The minimum Gasteiger partial charge on any atom is -0.324 e. The predicted octanol–water partition coefficient (Wildman–Crippen LogP) is 2.89. The van der Waals surface area contributed by atoms with Crippen molar-refractivity contribution < 1.29 is 4.39 Å². The minimum atomic E-state index is -0.322. The molecule has 3 heteroatoms. The molecule has 0 aromatic heterocycles. The van der Waals surface area contributed by atoms with Crippen LogP contribution in [0.3, 0.4) is 0 Å². The predicted molar refractivity (Wildman–Crippen MR) is 48.6 cm³/mol. The van der Waals surface area contributed by atoms with Crippen molar-refractivity contribution in [2.45, 2.75) is 19.4 Å². The van der Waals surface area contributed by atoms with Gasteiger partial charge >= 0.3 is 0 Å². The van der Waals surface area contributed by atoms with E-state index in [4.69, 9.17) is 17.3 Å². The van der Waals surface area contributed by atoms with Crippen molar-refractivity contribution in [1.82, 2.24) is 0 Å². The van der Waals surface area contributed by atoms with Crippen LogP contribution in [0, 0.1) is 5.82 Å². The fraction of sp³-hybridized carbons (Fsp3) is 0.333.